The highest BCUT2D eigenvalue weighted by molar-refractivity contribution is 6.02. The minimum Gasteiger partial charge on any atom is -0.497 e. The first-order valence-corrected chi connectivity index (χ1v) is 10.0. The number of benzene rings is 1. The Morgan fingerprint density at radius 2 is 1.94 bits per heavy atom. The number of carbonyl (C=O) groups excluding carboxylic acids is 1. The molecule has 31 heavy (non-hydrogen) atoms. The van der Waals surface area contributed by atoms with Crippen molar-refractivity contribution in [1.82, 2.24) is 9.97 Å². The minimum absolute atomic E-state index is 0.160. The quantitative estimate of drug-likeness (QED) is 0.766. The Kier molecular flexibility index (Phi) is 5.50. The molecule has 1 aliphatic carbocycles. The fourth-order valence-corrected chi connectivity index (χ4v) is 4.32. The van der Waals surface area contributed by atoms with Crippen LogP contribution in [0.1, 0.15) is 36.9 Å². The lowest BCUT2D eigenvalue weighted by Gasteiger charge is -2.45. The minimum atomic E-state index is -4.41. The fraction of sp³-hybridized carbons (Fsp3) is 0.476. The summed E-state index contributed by atoms with van der Waals surface area (Å²) in [5.74, 6) is 0.331. The van der Waals surface area contributed by atoms with E-state index in [9.17, 15) is 23.1 Å². The van der Waals surface area contributed by atoms with Gasteiger partial charge in [0.2, 0.25) is 11.9 Å². The number of nitrogens with one attached hydrogen (secondary N) is 1. The Morgan fingerprint density at radius 1 is 1.26 bits per heavy atom. The van der Waals surface area contributed by atoms with Crippen molar-refractivity contribution in [3.63, 3.8) is 0 Å². The number of alkyl halides is 3. The second-order valence-electron chi connectivity index (χ2n) is 7.94. The zero-order valence-electron chi connectivity index (χ0n) is 16.9. The van der Waals surface area contributed by atoms with Crippen molar-refractivity contribution in [3.05, 3.63) is 41.7 Å². The summed E-state index contributed by atoms with van der Waals surface area (Å²) in [5.41, 5.74) is 0.809. The van der Waals surface area contributed by atoms with Crippen LogP contribution in [0.2, 0.25) is 0 Å². The summed E-state index contributed by atoms with van der Waals surface area (Å²) in [6.07, 6.45) is -1.88. The molecular formula is C21H23F3N4O3. The molecule has 2 heterocycles. The monoisotopic (exact) mass is 436 g/mol. The maximum atomic E-state index is 13.7. The SMILES string of the molecule is COc1ccc(N2Cc3cnc(NCC(F)(F)F)nc3C3(CCC(O)CC3)C2=O)cc1. The Bertz CT molecular complexity index is 957. The number of carbonyl (C=O) groups is 1. The largest absolute Gasteiger partial charge is 0.497 e. The number of anilines is 2. The molecule has 1 aromatic carbocycles. The molecule has 1 saturated carbocycles. The van der Waals surface area contributed by atoms with Crippen LogP contribution in [0.25, 0.3) is 0 Å². The van der Waals surface area contributed by atoms with Crippen LogP contribution in [0.3, 0.4) is 0 Å². The number of nitrogens with zero attached hydrogens (tertiary/aromatic N) is 3. The number of aromatic nitrogens is 2. The molecule has 10 heteroatoms. The second-order valence-corrected chi connectivity index (χ2v) is 7.94. The molecule has 0 unspecified atom stereocenters. The van der Waals surface area contributed by atoms with Crippen molar-refractivity contribution >= 4 is 17.5 Å². The zero-order chi connectivity index (χ0) is 22.2. The smallest absolute Gasteiger partial charge is 0.405 e. The van der Waals surface area contributed by atoms with Gasteiger partial charge in [-0.1, -0.05) is 0 Å². The summed E-state index contributed by atoms with van der Waals surface area (Å²) in [6, 6.07) is 7.09. The van der Waals surface area contributed by atoms with Crippen molar-refractivity contribution in [2.24, 2.45) is 0 Å². The van der Waals surface area contributed by atoms with Crippen molar-refractivity contribution in [2.45, 2.75) is 49.9 Å². The second kappa shape index (κ2) is 7.99. The van der Waals surface area contributed by atoms with Crippen LogP contribution in [0.5, 0.6) is 5.75 Å². The first-order valence-electron chi connectivity index (χ1n) is 10.0. The van der Waals surface area contributed by atoms with Gasteiger partial charge >= 0.3 is 6.18 Å². The molecule has 2 aromatic rings. The maximum Gasteiger partial charge on any atom is 0.405 e. The average Bonchev–Trinajstić information content (AvgIpc) is 2.76. The van der Waals surface area contributed by atoms with Gasteiger partial charge in [0.1, 0.15) is 12.3 Å². The van der Waals surface area contributed by atoms with Gasteiger partial charge in [-0.15, -0.1) is 0 Å². The lowest BCUT2D eigenvalue weighted by molar-refractivity contribution is -0.127. The van der Waals surface area contributed by atoms with E-state index in [1.807, 2.05) is 0 Å². The summed E-state index contributed by atoms with van der Waals surface area (Å²) in [7, 11) is 1.56. The zero-order valence-corrected chi connectivity index (χ0v) is 16.9. The molecule has 7 nitrogen and oxygen atoms in total. The number of ether oxygens (including phenoxy) is 1. The van der Waals surface area contributed by atoms with Gasteiger partial charge in [-0.2, -0.15) is 13.2 Å². The van der Waals surface area contributed by atoms with Gasteiger partial charge in [-0.25, -0.2) is 9.97 Å². The number of hydrogen-bond donors (Lipinski definition) is 2. The highest BCUT2D eigenvalue weighted by Gasteiger charge is 2.51. The third-order valence-corrected chi connectivity index (χ3v) is 5.94. The first-order chi connectivity index (χ1) is 14.7. The Balaban J connectivity index is 1.73. The van der Waals surface area contributed by atoms with Gasteiger partial charge in [0.15, 0.2) is 0 Å². The molecule has 0 bridgehead atoms. The van der Waals surface area contributed by atoms with E-state index < -0.39 is 24.2 Å². The third kappa shape index (κ3) is 4.16. The average molecular weight is 436 g/mol. The molecule has 4 rings (SSSR count). The van der Waals surface area contributed by atoms with Crippen molar-refractivity contribution in [3.8, 4) is 5.75 Å². The van der Waals surface area contributed by atoms with Crippen LogP contribution >= 0.6 is 0 Å². The van der Waals surface area contributed by atoms with Crippen molar-refractivity contribution in [1.29, 1.82) is 0 Å². The van der Waals surface area contributed by atoms with E-state index in [2.05, 4.69) is 15.3 Å². The first kappa shape index (κ1) is 21.4. The highest BCUT2D eigenvalue weighted by atomic mass is 19.4. The van der Waals surface area contributed by atoms with Crippen LogP contribution in [-0.2, 0) is 16.8 Å². The van der Waals surface area contributed by atoms with E-state index in [-0.39, 0.29) is 18.4 Å². The van der Waals surface area contributed by atoms with Gasteiger partial charge in [-0.05, 0) is 49.9 Å². The van der Waals surface area contributed by atoms with Gasteiger partial charge < -0.3 is 20.1 Å². The molecule has 0 saturated heterocycles. The molecule has 0 atom stereocenters. The number of methoxy groups -OCH3 is 1. The summed E-state index contributed by atoms with van der Waals surface area (Å²) in [4.78, 5) is 23.7. The molecule has 2 aliphatic rings. The van der Waals surface area contributed by atoms with Crippen molar-refractivity contribution < 1.29 is 27.8 Å². The predicted octanol–water partition coefficient (Wildman–Crippen LogP) is 3.18. The third-order valence-electron chi connectivity index (χ3n) is 5.94. The molecule has 1 spiro atoms. The standard InChI is InChI=1S/C21H23F3N4O3/c1-31-16-4-2-14(3-5-16)28-11-13-10-25-19(26-12-21(22,23)24)27-17(13)20(18(28)30)8-6-15(29)7-9-20/h2-5,10,15,29H,6-9,11-12H2,1H3,(H,25,26,27). The molecule has 166 valence electrons. The van der Waals surface area contributed by atoms with Crippen LogP contribution in [0, 0.1) is 0 Å². The fourth-order valence-electron chi connectivity index (χ4n) is 4.32. The molecular weight excluding hydrogens is 413 g/mol. The van der Waals surface area contributed by atoms with E-state index in [4.69, 9.17) is 4.74 Å². The predicted molar refractivity (Wildman–Crippen MR) is 107 cm³/mol. The lowest BCUT2D eigenvalue weighted by atomic mass is 9.67. The van der Waals surface area contributed by atoms with Crippen LogP contribution in [0.4, 0.5) is 24.8 Å². The van der Waals surface area contributed by atoms with E-state index in [0.717, 1.165) is 0 Å². The van der Waals surface area contributed by atoms with Gasteiger partial charge in [0.25, 0.3) is 0 Å². The molecule has 1 aliphatic heterocycles. The van der Waals surface area contributed by atoms with Crippen LogP contribution < -0.4 is 15.0 Å². The Morgan fingerprint density at radius 3 is 2.55 bits per heavy atom. The van der Waals surface area contributed by atoms with Crippen LogP contribution in [0.15, 0.2) is 30.5 Å². The summed E-state index contributed by atoms with van der Waals surface area (Å²) >= 11 is 0. The molecule has 1 amide bonds. The van der Waals surface area contributed by atoms with E-state index in [1.54, 1.807) is 36.3 Å². The molecule has 1 aromatic heterocycles. The number of fused-ring (bicyclic) bond motifs is 2. The number of halogens is 3. The topological polar surface area (TPSA) is 87.6 Å². The number of rotatable bonds is 4. The maximum absolute atomic E-state index is 13.7. The van der Waals surface area contributed by atoms with E-state index in [1.165, 1.54) is 6.20 Å². The highest BCUT2D eigenvalue weighted by Crippen LogP contribution is 2.46. The Hall–Kier alpha value is -2.88. The van der Waals surface area contributed by atoms with Gasteiger partial charge in [0, 0.05) is 17.4 Å². The Labute approximate surface area is 177 Å². The van der Waals surface area contributed by atoms with Gasteiger partial charge in [0.05, 0.1) is 30.9 Å². The van der Waals surface area contributed by atoms with E-state index >= 15 is 0 Å². The summed E-state index contributed by atoms with van der Waals surface area (Å²) in [6.45, 7) is -1.05. The summed E-state index contributed by atoms with van der Waals surface area (Å²) in [5, 5.41) is 12.2. The molecule has 2 N–H and O–H groups in total. The van der Waals surface area contributed by atoms with Crippen LogP contribution in [-0.4, -0.2) is 46.9 Å². The number of amides is 1. The number of aliphatic hydroxyl groups excluding tert-OH is 1. The number of aliphatic hydroxyl groups is 1. The summed E-state index contributed by atoms with van der Waals surface area (Å²) < 4.78 is 43.0. The molecule has 0 radical (unpaired) electrons. The van der Waals surface area contributed by atoms with Crippen molar-refractivity contribution in [2.75, 3.05) is 23.9 Å². The van der Waals surface area contributed by atoms with E-state index in [0.29, 0.717) is 48.4 Å². The molecule has 1 fully saturated rings. The van der Waals surface area contributed by atoms with Gasteiger partial charge in [-0.3, -0.25) is 4.79 Å². The number of hydrogen-bond acceptors (Lipinski definition) is 6. The lowest BCUT2D eigenvalue weighted by Crippen LogP contribution is -2.54. The normalized spacial score (nSPS) is 23.6.